The van der Waals surface area contributed by atoms with Gasteiger partial charge in [0, 0.05) is 30.2 Å². The van der Waals surface area contributed by atoms with E-state index in [2.05, 4.69) is 106 Å². The molecule has 0 spiro atoms. The lowest BCUT2D eigenvalue weighted by Crippen LogP contribution is -2.39. The zero-order valence-corrected chi connectivity index (χ0v) is 16.6. The Labute approximate surface area is 173 Å². The molecule has 6 rings (SSSR count). The highest BCUT2D eigenvalue weighted by molar-refractivity contribution is 5.46. The van der Waals surface area contributed by atoms with E-state index >= 15 is 0 Å². The maximum atomic E-state index is 3.89. The lowest BCUT2D eigenvalue weighted by molar-refractivity contribution is 0.224. The van der Waals surface area contributed by atoms with Crippen molar-refractivity contribution in [2.45, 2.75) is 37.3 Å². The number of para-hydroxylation sites is 1. The summed E-state index contributed by atoms with van der Waals surface area (Å²) < 4.78 is 0. The topological polar surface area (TPSA) is 18.3 Å². The standard InChI is InChI=1S/C26H27N3/c1-4-10-19(11-5-1)18-28-17-16-22-24(28)25-23(20-12-6-2-7-13-20)29(25)26(22)27-21-14-8-3-9-15-21/h1-15,22-27H,16-18H2/t22?,23?,24-,25?,26?,29?/m1/s1. The van der Waals surface area contributed by atoms with Crippen molar-refractivity contribution in [2.24, 2.45) is 5.92 Å². The molecule has 6 atom stereocenters. The summed E-state index contributed by atoms with van der Waals surface area (Å²) in [6.45, 7) is 2.26. The van der Waals surface area contributed by atoms with Gasteiger partial charge in [0.25, 0.3) is 0 Å². The van der Waals surface area contributed by atoms with Crippen LogP contribution < -0.4 is 5.32 Å². The lowest BCUT2D eigenvalue weighted by Gasteiger charge is -2.29. The van der Waals surface area contributed by atoms with Crippen LogP contribution >= 0.6 is 0 Å². The van der Waals surface area contributed by atoms with E-state index in [0.717, 1.165) is 6.54 Å². The Kier molecular flexibility index (Phi) is 4.17. The number of nitrogens with zero attached hydrogens (tertiary/aromatic N) is 2. The van der Waals surface area contributed by atoms with Gasteiger partial charge >= 0.3 is 0 Å². The third-order valence-corrected chi connectivity index (χ3v) is 7.04. The first kappa shape index (κ1) is 17.3. The molecule has 5 unspecified atom stereocenters. The van der Waals surface area contributed by atoms with E-state index in [1.807, 2.05) is 0 Å². The third-order valence-electron chi connectivity index (χ3n) is 7.04. The second-order valence-electron chi connectivity index (χ2n) is 8.65. The molecule has 0 radical (unpaired) electrons. The molecule has 3 nitrogen and oxygen atoms in total. The van der Waals surface area contributed by atoms with Crippen molar-refractivity contribution in [2.75, 3.05) is 11.9 Å². The van der Waals surface area contributed by atoms with Crippen LogP contribution in [-0.2, 0) is 6.54 Å². The SMILES string of the molecule is c1ccc(CN2CCC3C(Nc4ccccc4)N4C(c5ccccc5)C4[C@@H]32)cc1. The van der Waals surface area contributed by atoms with E-state index in [1.54, 1.807) is 0 Å². The highest BCUT2D eigenvalue weighted by Gasteiger charge is 2.68. The molecule has 3 aromatic rings. The summed E-state index contributed by atoms with van der Waals surface area (Å²) in [4.78, 5) is 5.47. The number of rotatable bonds is 5. The highest BCUT2D eigenvalue weighted by atomic mass is 15.5. The van der Waals surface area contributed by atoms with Gasteiger partial charge in [-0.3, -0.25) is 9.80 Å². The Hall–Kier alpha value is -2.62. The fourth-order valence-corrected chi connectivity index (χ4v) is 5.84. The lowest BCUT2D eigenvalue weighted by atomic mass is 9.92. The summed E-state index contributed by atoms with van der Waals surface area (Å²) in [6.07, 6.45) is 1.69. The smallest absolute Gasteiger partial charge is 0.0847 e. The van der Waals surface area contributed by atoms with Gasteiger partial charge in [0.1, 0.15) is 0 Å². The number of anilines is 1. The summed E-state index contributed by atoms with van der Waals surface area (Å²) >= 11 is 0. The van der Waals surface area contributed by atoms with Gasteiger partial charge in [-0.25, -0.2) is 0 Å². The summed E-state index contributed by atoms with van der Waals surface area (Å²) in [5.74, 6) is 0.684. The van der Waals surface area contributed by atoms with Crippen molar-refractivity contribution >= 4 is 5.69 Å². The third kappa shape index (κ3) is 2.97. The number of nitrogens with one attached hydrogen (secondary N) is 1. The average molecular weight is 382 g/mol. The Balaban J connectivity index is 1.30. The fraction of sp³-hybridized carbons (Fsp3) is 0.308. The summed E-state index contributed by atoms with van der Waals surface area (Å²) in [6, 6.07) is 34.6. The second kappa shape index (κ2) is 7.01. The number of fused-ring (bicyclic) bond motifs is 3. The molecule has 146 valence electrons. The van der Waals surface area contributed by atoms with Crippen LogP contribution in [0.25, 0.3) is 0 Å². The maximum Gasteiger partial charge on any atom is 0.0847 e. The molecule has 3 aliphatic heterocycles. The van der Waals surface area contributed by atoms with Gasteiger partial charge in [-0.05, 0) is 36.2 Å². The summed E-state index contributed by atoms with van der Waals surface area (Å²) in [5, 5.41) is 3.89. The van der Waals surface area contributed by atoms with E-state index < -0.39 is 0 Å². The first-order valence-electron chi connectivity index (χ1n) is 10.8. The predicted octanol–water partition coefficient (Wildman–Crippen LogP) is 4.75. The van der Waals surface area contributed by atoms with Gasteiger partial charge in [-0.2, -0.15) is 0 Å². The van der Waals surface area contributed by atoms with Crippen LogP contribution in [0.2, 0.25) is 0 Å². The van der Waals surface area contributed by atoms with Gasteiger partial charge in [0.15, 0.2) is 0 Å². The molecule has 0 aromatic heterocycles. The second-order valence-corrected chi connectivity index (χ2v) is 8.65. The molecule has 29 heavy (non-hydrogen) atoms. The van der Waals surface area contributed by atoms with E-state index in [0.29, 0.717) is 30.2 Å². The molecular formula is C26H27N3. The van der Waals surface area contributed by atoms with E-state index in [4.69, 9.17) is 0 Å². The first-order valence-corrected chi connectivity index (χ1v) is 10.8. The largest absolute Gasteiger partial charge is 0.369 e. The van der Waals surface area contributed by atoms with Crippen LogP contribution in [0, 0.1) is 5.92 Å². The van der Waals surface area contributed by atoms with Crippen molar-refractivity contribution in [1.29, 1.82) is 0 Å². The Bertz CT molecular complexity index is 959. The normalized spacial score (nSPS) is 32.6. The molecule has 3 aromatic carbocycles. The number of likely N-dealkylation sites (tertiary alicyclic amines) is 1. The van der Waals surface area contributed by atoms with Crippen LogP contribution in [0.5, 0.6) is 0 Å². The van der Waals surface area contributed by atoms with Crippen molar-refractivity contribution in [3.05, 3.63) is 102 Å². The predicted molar refractivity (Wildman–Crippen MR) is 117 cm³/mol. The molecule has 0 aliphatic carbocycles. The van der Waals surface area contributed by atoms with Crippen molar-refractivity contribution in [3.8, 4) is 0 Å². The molecule has 3 fully saturated rings. The van der Waals surface area contributed by atoms with Gasteiger partial charge in [0.2, 0.25) is 0 Å². The van der Waals surface area contributed by atoms with Crippen LogP contribution in [0.15, 0.2) is 91.0 Å². The van der Waals surface area contributed by atoms with Gasteiger partial charge in [-0.15, -0.1) is 0 Å². The molecule has 3 aliphatic rings. The van der Waals surface area contributed by atoms with E-state index in [9.17, 15) is 0 Å². The first-order chi connectivity index (χ1) is 14.4. The molecule has 3 saturated heterocycles. The number of hydrogen-bond donors (Lipinski definition) is 1. The number of benzene rings is 3. The van der Waals surface area contributed by atoms with Crippen LogP contribution in [0.4, 0.5) is 5.69 Å². The Morgan fingerprint density at radius 3 is 2.14 bits per heavy atom. The molecule has 1 N–H and O–H groups in total. The highest BCUT2D eigenvalue weighted by Crippen LogP contribution is 2.59. The Morgan fingerprint density at radius 2 is 1.41 bits per heavy atom. The van der Waals surface area contributed by atoms with E-state index in [-0.39, 0.29) is 0 Å². The van der Waals surface area contributed by atoms with Crippen LogP contribution in [0.1, 0.15) is 23.6 Å². The van der Waals surface area contributed by atoms with Crippen molar-refractivity contribution in [1.82, 2.24) is 9.80 Å². The minimum absolute atomic E-state index is 0.415. The summed E-state index contributed by atoms with van der Waals surface area (Å²) in [7, 11) is 0. The fourth-order valence-electron chi connectivity index (χ4n) is 5.84. The Morgan fingerprint density at radius 1 is 0.759 bits per heavy atom. The number of piperidine rings is 1. The van der Waals surface area contributed by atoms with Crippen molar-refractivity contribution < 1.29 is 0 Å². The quantitative estimate of drug-likeness (QED) is 0.643. The molecule has 3 heteroatoms. The minimum Gasteiger partial charge on any atom is -0.369 e. The molecular weight excluding hydrogens is 354 g/mol. The monoisotopic (exact) mass is 381 g/mol. The minimum atomic E-state index is 0.415. The van der Waals surface area contributed by atoms with Gasteiger partial charge in [-0.1, -0.05) is 78.9 Å². The van der Waals surface area contributed by atoms with Gasteiger partial charge in [0.05, 0.1) is 12.2 Å². The average Bonchev–Trinajstić information content (AvgIpc) is 3.24. The molecule has 3 heterocycles. The van der Waals surface area contributed by atoms with Gasteiger partial charge < -0.3 is 5.32 Å². The summed E-state index contributed by atoms with van der Waals surface area (Å²) in [5.41, 5.74) is 4.12. The number of hydrogen-bond acceptors (Lipinski definition) is 3. The van der Waals surface area contributed by atoms with Crippen molar-refractivity contribution in [3.63, 3.8) is 0 Å². The van der Waals surface area contributed by atoms with Crippen LogP contribution in [-0.4, -0.2) is 34.6 Å². The molecule has 0 saturated carbocycles. The zero-order valence-electron chi connectivity index (χ0n) is 16.6. The molecule has 0 bridgehead atoms. The molecule has 0 amide bonds. The van der Waals surface area contributed by atoms with E-state index in [1.165, 1.54) is 29.8 Å². The van der Waals surface area contributed by atoms with Crippen LogP contribution in [0.3, 0.4) is 0 Å². The maximum absolute atomic E-state index is 3.89. The zero-order chi connectivity index (χ0) is 19.2.